The molecule has 2 aromatic rings. The van der Waals surface area contributed by atoms with E-state index >= 15 is 0 Å². The van der Waals surface area contributed by atoms with Crippen LogP contribution in [0.1, 0.15) is 31.9 Å². The van der Waals surface area contributed by atoms with E-state index in [4.69, 9.17) is 4.74 Å². The first kappa shape index (κ1) is 20.9. The Bertz CT molecular complexity index is 893. The van der Waals surface area contributed by atoms with Gasteiger partial charge in [0.1, 0.15) is 5.75 Å². The number of hydrogen-bond acceptors (Lipinski definition) is 4. The van der Waals surface area contributed by atoms with Gasteiger partial charge in [0.15, 0.2) is 0 Å². The van der Waals surface area contributed by atoms with Crippen LogP contribution in [0.15, 0.2) is 47.4 Å². The smallest absolute Gasteiger partial charge is 0.242 e. The maximum atomic E-state index is 12.5. The number of carbonyl (C=O) groups is 1. The van der Waals surface area contributed by atoms with E-state index in [9.17, 15) is 13.2 Å². The lowest BCUT2D eigenvalue weighted by atomic mass is 10.1. The Balaban J connectivity index is 2.11. The minimum atomic E-state index is -3.82. The largest absolute Gasteiger partial charge is 0.494 e. The van der Waals surface area contributed by atoms with Crippen molar-refractivity contribution in [1.82, 2.24) is 4.72 Å². The Morgan fingerprint density at radius 1 is 1.11 bits per heavy atom. The third-order valence-electron chi connectivity index (χ3n) is 4.16. The van der Waals surface area contributed by atoms with E-state index in [-0.39, 0.29) is 4.90 Å². The molecule has 7 heteroatoms. The fourth-order valence-corrected chi connectivity index (χ4v) is 3.87. The van der Waals surface area contributed by atoms with Gasteiger partial charge in [-0.25, -0.2) is 8.42 Å². The van der Waals surface area contributed by atoms with Gasteiger partial charge in [0, 0.05) is 5.69 Å². The summed E-state index contributed by atoms with van der Waals surface area (Å²) in [6.45, 7) is 7.78. The molecule has 1 amide bonds. The lowest BCUT2D eigenvalue weighted by molar-refractivity contribution is -0.117. The van der Waals surface area contributed by atoms with Crippen molar-refractivity contribution in [3.05, 3.63) is 53.6 Å². The molecule has 0 fully saturated rings. The Morgan fingerprint density at radius 2 is 1.78 bits per heavy atom. The fraction of sp³-hybridized carbons (Fsp3) is 0.350. The van der Waals surface area contributed by atoms with Crippen molar-refractivity contribution >= 4 is 21.6 Å². The van der Waals surface area contributed by atoms with Crippen LogP contribution >= 0.6 is 0 Å². The van der Waals surface area contributed by atoms with Crippen LogP contribution in [-0.4, -0.2) is 27.0 Å². The molecule has 0 aliphatic rings. The molecule has 0 bridgehead atoms. The number of hydrogen-bond donors (Lipinski definition) is 2. The number of carbonyl (C=O) groups excluding carboxylic acids is 1. The average Bonchev–Trinajstić information content (AvgIpc) is 2.63. The lowest BCUT2D eigenvalue weighted by Gasteiger charge is -2.17. The molecule has 0 heterocycles. The maximum absolute atomic E-state index is 12.5. The number of amides is 1. The summed E-state index contributed by atoms with van der Waals surface area (Å²) in [6, 6.07) is 10.9. The molecule has 0 aliphatic carbocycles. The molecule has 0 radical (unpaired) electrons. The van der Waals surface area contributed by atoms with Crippen molar-refractivity contribution in [3.63, 3.8) is 0 Å². The quantitative estimate of drug-likeness (QED) is 0.725. The van der Waals surface area contributed by atoms with E-state index in [2.05, 4.69) is 10.0 Å². The number of nitrogens with one attached hydrogen (secondary N) is 2. The van der Waals surface area contributed by atoms with Crippen LogP contribution in [0.25, 0.3) is 0 Å². The van der Waals surface area contributed by atoms with Crippen molar-refractivity contribution in [2.45, 2.75) is 45.1 Å². The van der Waals surface area contributed by atoms with Gasteiger partial charge in [-0.15, -0.1) is 0 Å². The summed E-state index contributed by atoms with van der Waals surface area (Å²) in [5.41, 5.74) is 2.67. The van der Waals surface area contributed by atoms with Crippen molar-refractivity contribution < 1.29 is 17.9 Å². The molecule has 0 unspecified atom stereocenters. The summed E-state index contributed by atoms with van der Waals surface area (Å²) in [4.78, 5) is 12.6. The number of aryl methyl sites for hydroxylation is 2. The van der Waals surface area contributed by atoms with Gasteiger partial charge in [-0.2, -0.15) is 4.72 Å². The molecular formula is C20H26N2O4S. The monoisotopic (exact) mass is 390 g/mol. The van der Waals surface area contributed by atoms with Gasteiger partial charge in [-0.1, -0.05) is 25.1 Å². The summed E-state index contributed by atoms with van der Waals surface area (Å²) in [6.07, 6.45) is 0.767. The molecule has 146 valence electrons. The van der Waals surface area contributed by atoms with Gasteiger partial charge in [0.05, 0.1) is 17.5 Å². The van der Waals surface area contributed by atoms with E-state index in [0.717, 1.165) is 23.2 Å². The highest BCUT2D eigenvalue weighted by molar-refractivity contribution is 7.89. The molecule has 2 aromatic carbocycles. The topological polar surface area (TPSA) is 84.5 Å². The van der Waals surface area contributed by atoms with Crippen LogP contribution < -0.4 is 14.8 Å². The van der Waals surface area contributed by atoms with Crippen LogP contribution in [0.2, 0.25) is 0 Å². The van der Waals surface area contributed by atoms with Crippen molar-refractivity contribution in [1.29, 1.82) is 0 Å². The summed E-state index contributed by atoms with van der Waals surface area (Å²) in [5.74, 6) is 0.183. The summed E-state index contributed by atoms with van der Waals surface area (Å²) >= 11 is 0. The summed E-state index contributed by atoms with van der Waals surface area (Å²) in [7, 11) is -3.82. The van der Waals surface area contributed by atoms with Gasteiger partial charge in [-0.3, -0.25) is 4.79 Å². The molecule has 0 spiro atoms. The van der Waals surface area contributed by atoms with Crippen molar-refractivity contribution in [2.75, 3.05) is 11.9 Å². The summed E-state index contributed by atoms with van der Waals surface area (Å²) < 4.78 is 32.8. The van der Waals surface area contributed by atoms with Gasteiger partial charge >= 0.3 is 0 Å². The molecule has 0 saturated carbocycles. The molecule has 0 aromatic heterocycles. The Morgan fingerprint density at radius 3 is 2.37 bits per heavy atom. The number of anilines is 1. The van der Waals surface area contributed by atoms with Gasteiger partial charge in [0.2, 0.25) is 15.9 Å². The SMILES string of the molecule is CCOc1ccc(S(=O)(=O)N[C@@H](C)C(=O)Nc2c(C)cccc2CC)cc1. The molecule has 2 rings (SSSR count). The van der Waals surface area contributed by atoms with Crippen molar-refractivity contribution in [2.24, 2.45) is 0 Å². The Labute approximate surface area is 161 Å². The predicted octanol–water partition coefficient (Wildman–Crippen LogP) is 3.26. The number of sulfonamides is 1. The highest BCUT2D eigenvalue weighted by Crippen LogP contribution is 2.21. The van der Waals surface area contributed by atoms with E-state index in [1.807, 2.05) is 39.0 Å². The zero-order valence-electron chi connectivity index (χ0n) is 16.1. The lowest BCUT2D eigenvalue weighted by Crippen LogP contribution is -2.41. The third-order valence-corrected chi connectivity index (χ3v) is 5.72. The number of para-hydroxylation sites is 1. The van der Waals surface area contributed by atoms with Crippen molar-refractivity contribution in [3.8, 4) is 5.75 Å². The second-order valence-electron chi connectivity index (χ2n) is 6.20. The first-order valence-corrected chi connectivity index (χ1v) is 10.4. The molecule has 0 aliphatic heterocycles. The fourth-order valence-electron chi connectivity index (χ4n) is 2.67. The number of benzene rings is 2. The Kier molecular flexibility index (Phi) is 6.98. The van der Waals surface area contributed by atoms with Crippen LogP contribution in [0, 0.1) is 6.92 Å². The molecular weight excluding hydrogens is 364 g/mol. The standard InChI is InChI=1S/C20H26N2O4S/c1-5-16-9-7-8-14(3)19(16)21-20(23)15(4)22-27(24,25)18-12-10-17(11-13-18)26-6-2/h7-13,15,22H,5-6H2,1-4H3,(H,21,23)/t15-/m0/s1. The van der Waals surface area contributed by atoms with E-state index in [1.54, 1.807) is 12.1 Å². The highest BCUT2D eigenvalue weighted by Gasteiger charge is 2.23. The minimum absolute atomic E-state index is 0.0794. The number of ether oxygens (including phenoxy) is 1. The first-order valence-electron chi connectivity index (χ1n) is 8.93. The normalized spacial score (nSPS) is 12.4. The second kappa shape index (κ2) is 9.01. The van der Waals surface area contributed by atoms with Gasteiger partial charge in [0.25, 0.3) is 0 Å². The van der Waals surface area contributed by atoms with Crippen LogP contribution in [0.3, 0.4) is 0 Å². The zero-order valence-corrected chi connectivity index (χ0v) is 16.9. The summed E-state index contributed by atoms with van der Waals surface area (Å²) in [5, 5.41) is 2.84. The molecule has 6 nitrogen and oxygen atoms in total. The average molecular weight is 391 g/mol. The van der Waals surface area contributed by atoms with Gasteiger partial charge < -0.3 is 10.1 Å². The predicted molar refractivity (Wildman–Crippen MR) is 107 cm³/mol. The van der Waals surface area contributed by atoms with Gasteiger partial charge in [-0.05, 0) is 62.6 Å². The minimum Gasteiger partial charge on any atom is -0.494 e. The second-order valence-corrected chi connectivity index (χ2v) is 7.91. The zero-order chi connectivity index (χ0) is 20.0. The Hall–Kier alpha value is -2.38. The van der Waals surface area contributed by atoms with Crippen LogP contribution in [0.4, 0.5) is 5.69 Å². The maximum Gasteiger partial charge on any atom is 0.242 e. The highest BCUT2D eigenvalue weighted by atomic mass is 32.2. The number of rotatable bonds is 8. The van der Waals surface area contributed by atoms with E-state index in [0.29, 0.717) is 12.4 Å². The molecule has 0 saturated heterocycles. The van der Waals surface area contributed by atoms with Crippen LogP contribution in [0.5, 0.6) is 5.75 Å². The molecule has 2 N–H and O–H groups in total. The third kappa shape index (κ3) is 5.30. The van der Waals surface area contributed by atoms with E-state index < -0.39 is 22.0 Å². The van der Waals surface area contributed by atoms with E-state index in [1.165, 1.54) is 19.1 Å². The molecule has 1 atom stereocenters. The van der Waals surface area contributed by atoms with Crippen LogP contribution in [-0.2, 0) is 21.2 Å². The molecule has 27 heavy (non-hydrogen) atoms. The first-order chi connectivity index (χ1) is 12.8.